The predicted molar refractivity (Wildman–Crippen MR) is 69.9 cm³/mol. The third kappa shape index (κ3) is 5.84. The smallest absolute Gasteiger partial charge is 0.303 e. The molecule has 0 aliphatic carbocycles. The van der Waals surface area contributed by atoms with Gasteiger partial charge in [0.2, 0.25) is 5.91 Å². The van der Waals surface area contributed by atoms with Crippen LogP contribution in [0.25, 0.3) is 6.08 Å². The number of carboxylic acid groups (broad SMARTS) is 1. The summed E-state index contributed by atoms with van der Waals surface area (Å²) >= 11 is 0. The zero-order valence-corrected chi connectivity index (χ0v) is 10.3. The van der Waals surface area contributed by atoms with Gasteiger partial charge in [-0.1, -0.05) is 37.3 Å². The maximum Gasteiger partial charge on any atom is 0.303 e. The van der Waals surface area contributed by atoms with Crippen LogP contribution in [-0.4, -0.2) is 23.5 Å². The monoisotopic (exact) mass is 247 g/mol. The number of rotatable bonds is 6. The highest BCUT2D eigenvalue weighted by atomic mass is 16.4. The molecule has 4 heteroatoms. The number of hydrogen-bond acceptors (Lipinski definition) is 2. The molecule has 1 atom stereocenters. The summed E-state index contributed by atoms with van der Waals surface area (Å²) in [5.74, 6) is -1.13. The van der Waals surface area contributed by atoms with Crippen LogP contribution in [0.4, 0.5) is 0 Å². The lowest BCUT2D eigenvalue weighted by Crippen LogP contribution is -2.27. The fraction of sp³-hybridized carbons (Fsp3) is 0.286. The Labute approximate surface area is 106 Å². The number of benzene rings is 1. The molecular weight excluding hydrogens is 230 g/mol. The van der Waals surface area contributed by atoms with Gasteiger partial charge in [-0.2, -0.15) is 0 Å². The van der Waals surface area contributed by atoms with Gasteiger partial charge in [-0.25, -0.2) is 0 Å². The normalized spacial score (nSPS) is 12.3. The van der Waals surface area contributed by atoms with Crippen molar-refractivity contribution in [1.29, 1.82) is 0 Å². The number of hydrogen-bond donors (Lipinski definition) is 2. The van der Waals surface area contributed by atoms with Crippen LogP contribution in [0.5, 0.6) is 0 Å². The first-order valence-electron chi connectivity index (χ1n) is 5.80. The van der Waals surface area contributed by atoms with Gasteiger partial charge in [-0.3, -0.25) is 9.59 Å². The van der Waals surface area contributed by atoms with Crippen LogP contribution < -0.4 is 5.32 Å². The molecule has 0 aliphatic heterocycles. The second-order valence-electron chi connectivity index (χ2n) is 4.19. The fourth-order valence-corrected chi connectivity index (χ4v) is 1.44. The van der Waals surface area contributed by atoms with Crippen molar-refractivity contribution in [3.05, 3.63) is 42.0 Å². The Morgan fingerprint density at radius 2 is 2.00 bits per heavy atom. The van der Waals surface area contributed by atoms with Gasteiger partial charge in [0.15, 0.2) is 0 Å². The van der Waals surface area contributed by atoms with Crippen LogP contribution in [0.1, 0.15) is 18.9 Å². The Hall–Kier alpha value is -2.10. The zero-order chi connectivity index (χ0) is 13.4. The molecule has 0 bridgehead atoms. The van der Waals surface area contributed by atoms with Crippen LogP contribution in [0, 0.1) is 5.92 Å². The molecule has 0 aliphatic rings. The number of aliphatic carboxylic acids is 1. The molecule has 0 heterocycles. The maximum absolute atomic E-state index is 11.5. The minimum absolute atomic E-state index is 0.0582. The SMILES string of the molecule is CC(CNC(=O)/C=C/c1ccccc1)CC(=O)O. The third-order valence-electron chi connectivity index (χ3n) is 2.37. The van der Waals surface area contributed by atoms with Crippen LogP contribution in [0.3, 0.4) is 0 Å². The first-order valence-corrected chi connectivity index (χ1v) is 5.80. The second kappa shape index (κ2) is 7.27. The molecule has 1 aromatic rings. The highest BCUT2D eigenvalue weighted by Crippen LogP contribution is 2.01. The minimum atomic E-state index is -0.850. The Bertz CT molecular complexity index is 426. The molecule has 1 unspecified atom stereocenters. The molecule has 96 valence electrons. The molecule has 4 nitrogen and oxygen atoms in total. The summed E-state index contributed by atoms with van der Waals surface area (Å²) in [6, 6.07) is 9.50. The standard InChI is InChI=1S/C14H17NO3/c1-11(9-14(17)18)10-15-13(16)8-7-12-5-3-2-4-6-12/h2-8,11H,9-10H2,1H3,(H,15,16)(H,17,18)/b8-7+. The van der Waals surface area contributed by atoms with Crippen molar-refractivity contribution in [2.24, 2.45) is 5.92 Å². The average Bonchev–Trinajstić information content (AvgIpc) is 2.34. The van der Waals surface area contributed by atoms with Crippen molar-refractivity contribution in [2.45, 2.75) is 13.3 Å². The number of nitrogens with one attached hydrogen (secondary N) is 1. The van der Waals surface area contributed by atoms with Gasteiger partial charge < -0.3 is 10.4 Å². The molecule has 1 amide bonds. The van der Waals surface area contributed by atoms with E-state index in [1.54, 1.807) is 13.0 Å². The van der Waals surface area contributed by atoms with E-state index in [2.05, 4.69) is 5.32 Å². The molecule has 0 fully saturated rings. The minimum Gasteiger partial charge on any atom is -0.481 e. The fourth-order valence-electron chi connectivity index (χ4n) is 1.44. The lowest BCUT2D eigenvalue weighted by molar-refractivity contribution is -0.138. The molecule has 18 heavy (non-hydrogen) atoms. The van der Waals surface area contributed by atoms with Crippen LogP contribution in [-0.2, 0) is 9.59 Å². The van der Waals surface area contributed by atoms with Gasteiger partial charge in [0.05, 0.1) is 0 Å². The summed E-state index contributed by atoms with van der Waals surface area (Å²) < 4.78 is 0. The summed E-state index contributed by atoms with van der Waals surface area (Å²) in [4.78, 5) is 21.9. The molecular formula is C14H17NO3. The van der Waals surface area contributed by atoms with Crippen molar-refractivity contribution < 1.29 is 14.7 Å². The Balaban J connectivity index is 2.34. The van der Waals surface area contributed by atoms with Crippen molar-refractivity contribution in [3.63, 3.8) is 0 Å². The van der Waals surface area contributed by atoms with Gasteiger partial charge in [-0.05, 0) is 17.6 Å². The number of carbonyl (C=O) groups is 2. The molecule has 0 saturated heterocycles. The van der Waals surface area contributed by atoms with Crippen LogP contribution in [0.2, 0.25) is 0 Å². The van der Waals surface area contributed by atoms with Crippen molar-refractivity contribution in [2.75, 3.05) is 6.54 Å². The molecule has 0 aromatic heterocycles. The Kier molecular flexibility index (Phi) is 5.64. The van der Waals surface area contributed by atoms with E-state index in [1.807, 2.05) is 30.3 Å². The van der Waals surface area contributed by atoms with E-state index >= 15 is 0 Å². The molecule has 0 spiro atoms. The first kappa shape index (κ1) is 14.0. The largest absolute Gasteiger partial charge is 0.481 e. The van der Waals surface area contributed by atoms with Gasteiger partial charge in [-0.15, -0.1) is 0 Å². The predicted octanol–water partition coefficient (Wildman–Crippen LogP) is 1.93. The summed E-state index contributed by atoms with van der Waals surface area (Å²) in [5, 5.41) is 11.2. The second-order valence-corrected chi connectivity index (χ2v) is 4.19. The van der Waals surface area contributed by atoms with Crippen molar-refractivity contribution in [3.8, 4) is 0 Å². The van der Waals surface area contributed by atoms with E-state index in [0.29, 0.717) is 6.54 Å². The van der Waals surface area contributed by atoms with E-state index in [-0.39, 0.29) is 18.2 Å². The zero-order valence-electron chi connectivity index (χ0n) is 10.3. The summed E-state index contributed by atoms with van der Waals surface area (Å²) in [6.07, 6.45) is 3.22. The summed E-state index contributed by atoms with van der Waals surface area (Å²) in [7, 11) is 0. The van der Waals surface area contributed by atoms with Crippen LogP contribution >= 0.6 is 0 Å². The Morgan fingerprint density at radius 1 is 1.33 bits per heavy atom. The van der Waals surface area contributed by atoms with E-state index < -0.39 is 5.97 Å². The van der Waals surface area contributed by atoms with Gasteiger partial charge in [0, 0.05) is 19.0 Å². The van der Waals surface area contributed by atoms with Gasteiger partial charge in [0.25, 0.3) is 0 Å². The van der Waals surface area contributed by atoms with E-state index in [4.69, 9.17) is 5.11 Å². The Morgan fingerprint density at radius 3 is 2.61 bits per heavy atom. The number of carboxylic acids is 1. The van der Waals surface area contributed by atoms with Crippen molar-refractivity contribution in [1.82, 2.24) is 5.32 Å². The first-order chi connectivity index (χ1) is 8.58. The highest BCUT2D eigenvalue weighted by molar-refractivity contribution is 5.91. The molecule has 0 radical (unpaired) electrons. The molecule has 0 saturated carbocycles. The molecule has 2 N–H and O–H groups in total. The molecule has 1 rings (SSSR count). The maximum atomic E-state index is 11.5. The third-order valence-corrected chi connectivity index (χ3v) is 2.37. The molecule has 1 aromatic carbocycles. The lowest BCUT2D eigenvalue weighted by Gasteiger charge is -2.08. The quantitative estimate of drug-likeness (QED) is 0.755. The summed E-state index contributed by atoms with van der Waals surface area (Å²) in [6.45, 7) is 2.15. The van der Waals surface area contributed by atoms with E-state index in [9.17, 15) is 9.59 Å². The topological polar surface area (TPSA) is 66.4 Å². The lowest BCUT2D eigenvalue weighted by atomic mass is 10.1. The number of amides is 1. The van der Waals surface area contributed by atoms with Crippen molar-refractivity contribution >= 4 is 18.0 Å². The number of carbonyl (C=O) groups excluding carboxylic acids is 1. The summed E-state index contributed by atoms with van der Waals surface area (Å²) in [5.41, 5.74) is 0.950. The highest BCUT2D eigenvalue weighted by Gasteiger charge is 2.07. The van der Waals surface area contributed by atoms with Gasteiger partial charge >= 0.3 is 5.97 Å². The van der Waals surface area contributed by atoms with Gasteiger partial charge in [0.1, 0.15) is 0 Å². The average molecular weight is 247 g/mol. The van der Waals surface area contributed by atoms with Crippen LogP contribution in [0.15, 0.2) is 36.4 Å². The van der Waals surface area contributed by atoms with E-state index in [0.717, 1.165) is 5.56 Å². The van der Waals surface area contributed by atoms with E-state index in [1.165, 1.54) is 6.08 Å².